The molecule has 0 aromatic heterocycles. The summed E-state index contributed by atoms with van der Waals surface area (Å²) in [5.41, 5.74) is 6.13. The number of benzene rings is 2. The Balaban J connectivity index is -0.000000640. The number of hydrogen-bond acceptors (Lipinski definition) is 4. The van der Waals surface area contributed by atoms with Gasteiger partial charge in [0.2, 0.25) is 0 Å². The van der Waals surface area contributed by atoms with E-state index in [2.05, 4.69) is 0 Å². The number of fused-ring (bicyclic) bond motifs is 1. The molecule has 0 unspecified atom stereocenters. The third-order valence-corrected chi connectivity index (χ3v) is 3.08. The van der Waals surface area contributed by atoms with Crippen molar-refractivity contribution in [3.8, 4) is 0 Å². The summed E-state index contributed by atoms with van der Waals surface area (Å²) in [7, 11) is -4.45. The fourth-order valence-corrected chi connectivity index (χ4v) is 2.19. The molecule has 0 aliphatic heterocycles. The van der Waals surface area contributed by atoms with E-state index in [9.17, 15) is 13.0 Å². The second-order valence-electron chi connectivity index (χ2n) is 3.15. The average molecular weight is 283 g/mol. The van der Waals surface area contributed by atoms with Crippen LogP contribution >= 0.6 is 0 Å². The number of rotatable bonds is 1. The summed E-state index contributed by atoms with van der Waals surface area (Å²) < 4.78 is 32.9. The van der Waals surface area contributed by atoms with Crippen LogP contribution in [0.15, 0.2) is 41.3 Å². The molecule has 2 rings (SSSR count). The van der Waals surface area contributed by atoms with Gasteiger partial charge in [-0.2, -0.15) is 0 Å². The number of anilines is 1. The van der Waals surface area contributed by atoms with Gasteiger partial charge in [0.05, 0.1) is 4.90 Å². The third kappa shape index (κ3) is 4.49. The van der Waals surface area contributed by atoms with Gasteiger partial charge in [0.1, 0.15) is 10.1 Å². The Hall–Kier alpha value is -1.11. The molecule has 19 heavy (non-hydrogen) atoms. The maximum Gasteiger partial charge on any atom is 1.00 e. The van der Waals surface area contributed by atoms with Crippen LogP contribution in [0.1, 0.15) is 0 Å². The summed E-state index contributed by atoms with van der Waals surface area (Å²) in [6.45, 7) is 0. The molecule has 0 bridgehead atoms. The van der Waals surface area contributed by atoms with E-state index in [1.165, 1.54) is 12.1 Å². The predicted octanol–water partition coefficient (Wildman–Crippen LogP) is -4.14. The van der Waals surface area contributed by atoms with Gasteiger partial charge in [-0.15, -0.1) is 0 Å². The molecule has 0 aliphatic carbocycles. The summed E-state index contributed by atoms with van der Waals surface area (Å²) in [5, 5.41) is 0.946. The first-order valence-corrected chi connectivity index (χ1v) is 5.64. The fourth-order valence-electron chi connectivity index (χ4n) is 1.51. The van der Waals surface area contributed by atoms with Crippen LogP contribution in [0, 0.1) is 0 Å². The molecule has 0 amide bonds. The van der Waals surface area contributed by atoms with Crippen molar-refractivity contribution >= 4 is 26.6 Å². The van der Waals surface area contributed by atoms with E-state index in [1.807, 2.05) is 0 Å². The van der Waals surface area contributed by atoms with Crippen LogP contribution in [-0.2, 0) is 10.1 Å². The molecule has 0 aliphatic rings. The zero-order valence-electron chi connectivity index (χ0n) is 10.2. The van der Waals surface area contributed by atoms with Crippen LogP contribution in [0.4, 0.5) is 5.69 Å². The van der Waals surface area contributed by atoms with Crippen LogP contribution < -0.4 is 24.6 Å². The molecule has 0 saturated heterocycles. The first kappa shape index (κ1) is 23.0. The molecule has 8 N–H and O–H groups in total. The molecule has 0 radical (unpaired) electrons. The van der Waals surface area contributed by atoms with Gasteiger partial charge in [-0.3, -0.25) is 0 Å². The normalized spacial score (nSPS) is 9.32. The minimum atomic E-state index is -4.45. The topological polar surface area (TPSA) is 178 Å². The van der Waals surface area contributed by atoms with Crippen LogP contribution in [-0.4, -0.2) is 29.4 Å². The molecule has 9 heteroatoms. The SMILES string of the molecule is Nc1ccc(S(=O)(=O)[O-])c2ccccc12.O.O.O.[Li+]. The largest absolute Gasteiger partial charge is 1.00 e. The Kier molecular flexibility index (Phi) is 9.86. The second-order valence-corrected chi connectivity index (χ2v) is 4.50. The maximum atomic E-state index is 11.0. The first-order valence-electron chi connectivity index (χ1n) is 4.23. The monoisotopic (exact) mass is 283 g/mol. The minimum absolute atomic E-state index is 0. The zero-order chi connectivity index (χ0) is 11.1. The Bertz CT molecular complexity index is 631. The Labute approximate surface area is 122 Å². The minimum Gasteiger partial charge on any atom is -0.744 e. The van der Waals surface area contributed by atoms with Crippen molar-refractivity contribution in [2.75, 3.05) is 5.73 Å². The molecular weight excluding hydrogens is 269 g/mol. The predicted molar refractivity (Wildman–Crippen MR) is 67.2 cm³/mol. The maximum absolute atomic E-state index is 11.0. The molecular formula is C10H14LiNO6S. The van der Waals surface area contributed by atoms with Gasteiger partial charge >= 0.3 is 18.9 Å². The van der Waals surface area contributed by atoms with Crippen LogP contribution in [0.25, 0.3) is 10.8 Å². The molecule has 0 fully saturated rings. The van der Waals surface area contributed by atoms with Crippen molar-refractivity contribution in [2.24, 2.45) is 0 Å². The van der Waals surface area contributed by atoms with Gasteiger partial charge in [0.15, 0.2) is 0 Å². The second kappa shape index (κ2) is 8.14. The Morgan fingerprint density at radius 3 is 1.84 bits per heavy atom. The van der Waals surface area contributed by atoms with Gasteiger partial charge in [0, 0.05) is 16.5 Å². The van der Waals surface area contributed by atoms with Gasteiger partial charge in [-0.25, -0.2) is 8.42 Å². The zero-order valence-corrected chi connectivity index (χ0v) is 11.0. The quantitative estimate of drug-likeness (QED) is 0.317. The molecule has 0 atom stereocenters. The van der Waals surface area contributed by atoms with Crippen molar-refractivity contribution in [3.63, 3.8) is 0 Å². The number of nitrogen functional groups attached to an aromatic ring is 1. The van der Waals surface area contributed by atoms with Crippen molar-refractivity contribution < 1.29 is 48.3 Å². The summed E-state index contributed by atoms with van der Waals surface area (Å²) >= 11 is 0. The third-order valence-electron chi connectivity index (χ3n) is 2.19. The van der Waals surface area contributed by atoms with E-state index in [0.717, 1.165) is 0 Å². The first-order chi connectivity index (χ1) is 7.00. The van der Waals surface area contributed by atoms with Crippen LogP contribution in [0.3, 0.4) is 0 Å². The van der Waals surface area contributed by atoms with Crippen molar-refractivity contribution in [1.29, 1.82) is 0 Å². The Morgan fingerprint density at radius 1 is 0.895 bits per heavy atom. The van der Waals surface area contributed by atoms with Crippen molar-refractivity contribution in [2.45, 2.75) is 4.90 Å². The summed E-state index contributed by atoms with van der Waals surface area (Å²) in [5.74, 6) is 0. The van der Waals surface area contributed by atoms with E-state index in [-0.39, 0.29) is 40.2 Å². The summed E-state index contributed by atoms with van der Waals surface area (Å²) in [4.78, 5) is -0.229. The van der Waals surface area contributed by atoms with Gasteiger partial charge < -0.3 is 26.7 Å². The van der Waals surface area contributed by atoms with E-state index in [4.69, 9.17) is 5.73 Å². The fraction of sp³-hybridized carbons (Fsp3) is 0. The number of hydrogen-bond donors (Lipinski definition) is 1. The van der Waals surface area contributed by atoms with E-state index < -0.39 is 10.1 Å². The van der Waals surface area contributed by atoms with E-state index in [0.29, 0.717) is 16.5 Å². The molecule has 0 heterocycles. The van der Waals surface area contributed by atoms with Crippen LogP contribution in [0.5, 0.6) is 0 Å². The molecule has 102 valence electrons. The molecule has 0 spiro atoms. The molecule has 2 aromatic carbocycles. The smallest absolute Gasteiger partial charge is 0.744 e. The summed E-state index contributed by atoms with van der Waals surface area (Å²) in [6, 6.07) is 9.30. The van der Waals surface area contributed by atoms with Crippen LogP contribution in [0.2, 0.25) is 0 Å². The average Bonchev–Trinajstić information content (AvgIpc) is 2.17. The van der Waals surface area contributed by atoms with Gasteiger partial charge in [-0.05, 0) is 12.1 Å². The molecule has 2 aromatic rings. The molecule has 7 nitrogen and oxygen atoms in total. The van der Waals surface area contributed by atoms with Crippen molar-refractivity contribution in [3.05, 3.63) is 36.4 Å². The summed E-state index contributed by atoms with van der Waals surface area (Å²) in [6.07, 6.45) is 0. The molecule has 0 saturated carbocycles. The van der Waals surface area contributed by atoms with Gasteiger partial charge in [0.25, 0.3) is 0 Å². The van der Waals surface area contributed by atoms with E-state index >= 15 is 0 Å². The number of nitrogens with two attached hydrogens (primary N) is 1. The standard InChI is InChI=1S/C10H9NO3S.Li.3H2O/c11-9-5-6-10(15(12,13)14)8-4-2-1-3-7(8)9;;;;/h1-6H,11H2,(H,12,13,14);;3*1H2/q;+1;;;/p-1. The Morgan fingerprint density at radius 2 is 1.37 bits per heavy atom. The van der Waals surface area contributed by atoms with Crippen molar-refractivity contribution in [1.82, 2.24) is 0 Å². The van der Waals surface area contributed by atoms with E-state index in [1.54, 1.807) is 24.3 Å². The van der Waals surface area contributed by atoms with Gasteiger partial charge in [-0.1, -0.05) is 24.3 Å².